The number of para-hydroxylation sites is 1. The van der Waals surface area contributed by atoms with Crippen molar-refractivity contribution in [3.8, 4) is 5.75 Å². The molecule has 0 fully saturated rings. The monoisotopic (exact) mass is 392 g/mol. The maximum absolute atomic E-state index is 13.3. The highest BCUT2D eigenvalue weighted by molar-refractivity contribution is 9.10. The highest BCUT2D eigenvalue weighted by Crippen LogP contribution is 2.17. The van der Waals surface area contributed by atoms with Crippen LogP contribution in [0.25, 0.3) is 6.08 Å². The van der Waals surface area contributed by atoms with Gasteiger partial charge in [-0.3, -0.25) is 20.4 Å². The van der Waals surface area contributed by atoms with Gasteiger partial charge in [0.2, 0.25) is 0 Å². The van der Waals surface area contributed by atoms with Crippen LogP contribution in [-0.2, 0) is 9.59 Å². The molecule has 2 N–H and O–H groups in total. The number of benzene rings is 2. The number of halogens is 2. The van der Waals surface area contributed by atoms with E-state index in [1.807, 2.05) is 24.3 Å². The Morgan fingerprint density at radius 2 is 1.79 bits per heavy atom. The maximum Gasteiger partial charge on any atom is 0.276 e. The Hall–Kier alpha value is -2.67. The van der Waals surface area contributed by atoms with Crippen molar-refractivity contribution in [2.75, 3.05) is 6.61 Å². The summed E-state index contributed by atoms with van der Waals surface area (Å²) in [5.74, 6) is -1.72. The second kappa shape index (κ2) is 8.83. The predicted molar refractivity (Wildman–Crippen MR) is 91.4 cm³/mol. The molecule has 2 aromatic carbocycles. The number of amides is 2. The fraction of sp³-hybridized carbons (Fsp3) is 0.0588. The Balaban J connectivity index is 1.76. The van der Waals surface area contributed by atoms with Crippen LogP contribution in [0.3, 0.4) is 0 Å². The third-order valence-corrected chi connectivity index (χ3v) is 3.56. The van der Waals surface area contributed by atoms with Crippen molar-refractivity contribution in [3.63, 3.8) is 0 Å². The van der Waals surface area contributed by atoms with Crippen LogP contribution in [0.5, 0.6) is 5.75 Å². The van der Waals surface area contributed by atoms with Crippen molar-refractivity contribution in [1.82, 2.24) is 10.9 Å². The first-order valence-corrected chi connectivity index (χ1v) is 7.74. The van der Waals surface area contributed by atoms with Gasteiger partial charge in [-0.05, 0) is 29.8 Å². The van der Waals surface area contributed by atoms with Gasteiger partial charge in [0.1, 0.15) is 0 Å². The summed E-state index contributed by atoms with van der Waals surface area (Å²) in [6, 6.07) is 13.1. The van der Waals surface area contributed by atoms with E-state index in [0.29, 0.717) is 0 Å². The number of hydrogen-bond acceptors (Lipinski definition) is 3. The van der Waals surface area contributed by atoms with Crippen molar-refractivity contribution in [2.24, 2.45) is 0 Å². The molecule has 0 radical (unpaired) electrons. The first-order chi connectivity index (χ1) is 11.6. The van der Waals surface area contributed by atoms with Gasteiger partial charge in [-0.2, -0.15) is 0 Å². The standard InChI is InChI=1S/C17H14BrFN2O3/c18-13-6-2-1-5-12(13)9-10-16(22)20-21-17(23)11-24-15-8-4-3-7-14(15)19/h1-10H,11H2,(H,20,22)(H,21,23)/b10-9+. The summed E-state index contributed by atoms with van der Waals surface area (Å²) < 4.78 is 19.2. The number of rotatable bonds is 5. The summed E-state index contributed by atoms with van der Waals surface area (Å²) in [5, 5.41) is 0. The van der Waals surface area contributed by atoms with Crippen LogP contribution in [0, 0.1) is 5.82 Å². The Kier molecular flexibility index (Phi) is 6.51. The van der Waals surface area contributed by atoms with Crippen LogP contribution >= 0.6 is 15.9 Å². The summed E-state index contributed by atoms with van der Waals surface area (Å²) in [6.45, 7) is -0.421. The number of hydrazine groups is 1. The molecule has 5 nitrogen and oxygen atoms in total. The molecule has 0 atom stereocenters. The molecule has 0 aliphatic carbocycles. The van der Waals surface area contributed by atoms with Crippen molar-refractivity contribution >= 4 is 33.8 Å². The molecule has 124 valence electrons. The minimum Gasteiger partial charge on any atom is -0.481 e. The summed E-state index contributed by atoms with van der Waals surface area (Å²) in [5.41, 5.74) is 5.20. The molecule has 0 saturated carbocycles. The Labute approximate surface area is 146 Å². The molecule has 0 unspecified atom stereocenters. The van der Waals surface area contributed by atoms with E-state index in [-0.39, 0.29) is 5.75 Å². The lowest BCUT2D eigenvalue weighted by Gasteiger charge is -2.08. The van der Waals surface area contributed by atoms with E-state index in [4.69, 9.17) is 4.74 Å². The molecule has 0 aliphatic rings. The molecular weight excluding hydrogens is 379 g/mol. The summed E-state index contributed by atoms with van der Waals surface area (Å²) in [4.78, 5) is 23.2. The van der Waals surface area contributed by atoms with E-state index < -0.39 is 24.2 Å². The molecule has 2 rings (SSSR count). The number of carbonyl (C=O) groups excluding carboxylic acids is 2. The average molecular weight is 393 g/mol. The van der Waals surface area contributed by atoms with Gasteiger partial charge in [-0.1, -0.05) is 46.3 Å². The third-order valence-electron chi connectivity index (χ3n) is 2.84. The quantitative estimate of drug-likeness (QED) is 0.607. The maximum atomic E-state index is 13.3. The van der Waals surface area contributed by atoms with Crippen molar-refractivity contribution in [3.05, 3.63) is 70.5 Å². The van der Waals surface area contributed by atoms with Crippen LogP contribution in [0.4, 0.5) is 4.39 Å². The Morgan fingerprint density at radius 1 is 1.08 bits per heavy atom. The van der Waals surface area contributed by atoms with Gasteiger partial charge < -0.3 is 4.74 Å². The zero-order valence-electron chi connectivity index (χ0n) is 12.5. The topological polar surface area (TPSA) is 67.4 Å². The average Bonchev–Trinajstić information content (AvgIpc) is 2.58. The van der Waals surface area contributed by atoms with Gasteiger partial charge in [0.05, 0.1) is 0 Å². The largest absolute Gasteiger partial charge is 0.481 e. The van der Waals surface area contributed by atoms with Crippen LogP contribution < -0.4 is 15.6 Å². The van der Waals surface area contributed by atoms with Gasteiger partial charge in [0.15, 0.2) is 18.2 Å². The van der Waals surface area contributed by atoms with E-state index in [1.54, 1.807) is 12.1 Å². The van der Waals surface area contributed by atoms with Gasteiger partial charge in [-0.15, -0.1) is 0 Å². The summed E-state index contributed by atoms with van der Waals surface area (Å²) in [7, 11) is 0. The molecule has 2 amide bonds. The van der Waals surface area contributed by atoms with E-state index in [2.05, 4.69) is 26.8 Å². The van der Waals surface area contributed by atoms with E-state index in [0.717, 1.165) is 10.0 Å². The zero-order chi connectivity index (χ0) is 17.4. The van der Waals surface area contributed by atoms with Crippen molar-refractivity contribution in [1.29, 1.82) is 0 Å². The second-order valence-electron chi connectivity index (χ2n) is 4.61. The lowest BCUT2D eigenvalue weighted by Crippen LogP contribution is -2.43. The number of hydrogen-bond donors (Lipinski definition) is 2. The molecule has 0 aromatic heterocycles. The molecule has 0 spiro atoms. The molecular formula is C17H14BrFN2O3. The smallest absolute Gasteiger partial charge is 0.276 e. The second-order valence-corrected chi connectivity index (χ2v) is 5.47. The van der Waals surface area contributed by atoms with Crippen LogP contribution in [0.2, 0.25) is 0 Å². The number of ether oxygens (including phenoxy) is 1. The first kappa shape index (κ1) is 17.7. The van der Waals surface area contributed by atoms with Crippen molar-refractivity contribution in [2.45, 2.75) is 0 Å². The van der Waals surface area contributed by atoms with Gasteiger partial charge in [0.25, 0.3) is 11.8 Å². The SMILES string of the molecule is O=C(/C=C/c1ccccc1Br)NNC(=O)COc1ccccc1F. The zero-order valence-corrected chi connectivity index (χ0v) is 14.0. The van der Waals surface area contributed by atoms with Crippen molar-refractivity contribution < 1.29 is 18.7 Å². The lowest BCUT2D eigenvalue weighted by molar-refractivity contribution is -0.128. The molecule has 0 bridgehead atoms. The normalized spacial score (nSPS) is 10.4. The predicted octanol–water partition coefficient (Wildman–Crippen LogP) is 2.83. The molecule has 2 aromatic rings. The van der Waals surface area contributed by atoms with Gasteiger partial charge in [0, 0.05) is 10.5 Å². The fourth-order valence-electron chi connectivity index (χ4n) is 1.69. The fourth-order valence-corrected chi connectivity index (χ4v) is 2.11. The highest BCUT2D eigenvalue weighted by atomic mass is 79.9. The Bertz CT molecular complexity index is 765. The molecule has 24 heavy (non-hydrogen) atoms. The molecule has 0 saturated heterocycles. The van der Waals surface area contributed by atoms with E-state index in [1.165, 1.54) is 24.3 Å². The van der Waals surface area contributed by atoms with Gasteiger partial charge in [-0.25, -0.2) is 4.39 Å². The number of carbonyl (C=O) groups is 2. The molecule has 7 heteroatoms. The van der Waals surface area contributed by atoms with Crippen LogP contribution in [0.1, 0.15) is 5.56 Å². The number of nitrogens with one attached hydrogen (secondary N) is 2. The minimum atomic E-state index is -0.610. The Morgan fingerprint density at radius 3 is 2.54 bits per heavy atom. The van der Waals surface area contributed by atoms with Crippen LogP contribution in [-0.4, -0.2) is 18.4 Å². The van der Waals surface area contributed by atoms with Crippen LogP contribution in [0.15, 0.2) is 59.1 Å². The van der Waals surface area contributed by atoms with E-state index >= 15 is 0 Å². The third kappa shape index (κ3) is 5.51. The first-order valence-electron chi connectivity index (χ1n) is 6.95. The summed E-state index contributed by atoms with van der Waals surface area (Å²) >= 11 is 3.36. The minimum absolute atomic E-state index is 0.0344. The molecule has 0 heterocycles. The van der Waals surface area contributed by atoms with Gasteiger partial charge >= 0.3 is 0 Å². The summed E-state index contributed by atoms with van der Waals surface area (Å²) in [6.07, 6.45) is 2.87. The lowest BCUT2D eigenvalue weighted by atomic mass is 10.2. The molecule has 0 aliphatic heterocycles. The highest BCUT2D eigenvalue weighted by Gasteiger charge is 2.06. The van der Waals surface area contributed by atoms with E-state index in [9.17, 15) is 14.0 Å².